The van der Waals surface area contributed by atoms with Crippen molar-refractivity contribution in [2.45, 2.75) is 52.4 Å². The van der Waals surface area contributed by atoms with Crippen molar-refractivity contribution < 1.29 is 0 Å². The zero-order valence-corrected chi connectivity index (χ0v) is 9.81. The maximum Gasteiger partial charge on any atom is 0.000791 e. The minimum absolute atomic E-state index is 0.700. The van der Waals surface area contributed by atoms with Crippen molar-refractivity contribution >= 4 is 0 Å². The SMILES string of the molecule is CC(C)[C@@H]1CC[C@]2(CCCCNC2)C1. The predicted molar refractivity (Wildman–Crippen MR) is 61.3 cm³/mol. The van der Waals surface area contributed by atoms with E-state index in [1.54, 1.807) is 0 Å². The molecule has 1 N–H and O–H groups in total. The minimum Gasteiger partial charge on any atom is -0.316 e. The van der Waals surface area contributed by atoms with Crippen molar-refractivity contribution in [1.82, 2.24) is 5.32 Å². The first kappa shape index (κ1) is 10.5. The maximum atomic E-state index is 3.64. The average Bonchev–Trinajstić information content (AvgIpc) is 2.41. The van der Waals surface area contributed by atoms with E-state index in [9.17, 15) is 0 Å². The molecule has 1 saturated carbocycles. The van der Waals surface area contributed by atoms with Crippen molar-refractivity contribution in [2.24, 2.45) is 17.3 Å². The molecule has 1 heteroatoms. The third-order valence-corrected chi connectivity index (χ3v) is 4.49. The van der Waals surface area contributed by atoms with Crippen molar-refractivity contribution in [3.8, 4) is 0 Å². The van der Waals surface area contributed by atoms with Gasteiger partial charge in [-0.2, -0.15) is 0 Å². The number of hydrogen-bond acceptors (Lipinski definition) is 1. The Bertz CT molecular complexity index is 178. The molecule has 2 aliphatic rings. The van der Waals surface area contributed by atoms with Gasteiger partial charge in [-0.3, -0.25) is 0 Å². The van der Waals surface area contributed by atoms with E-state index in [2.05, 4.69) is 19.2 Å². The van der Waals surface area contributed by atoms with Gasteiger partial charge in [0.15, 0.2) is 0 Å². The van der Waals surface area contributed by atoms with Gasteiger partial charge in [0.05, 0.1) is 0 Å². The second-order valence-electron chi connectivity index (χ2n) is 5.88. The normalized spacial score (nSPS) is 39.2. The van der Waals surface area contributed by atoms with Gasteiger partial charge in [0.25, 0.3) is 0 Å². The molecule has 1 aliphatic carbocycles. The quantitative estimate of drug-likeness (QED) is 0.677. The molecule has 0 unspecified atom stereocenters. The van der Waals surface area contributed by atoms with Crippen LogP contribution in [0.5, 0.6) is 0 Å². The van der Waals surface area contributed by atoms with Crippen LogP contribution in [0.25, 0.3) is 0 Å². The largest absolute Gasteiger partial charge is 0.316 e. The fourth-order valence-corrected chi connectivity index (χ4v) is 3.40. The number of rotatable bonds is 1. The molecule has 82 valence electrons. The lowest BCUT2D eigenvalue weighted by atomic mass is 9.80. The topological polar surface area (TPSA) is 12.0 Å². The first-order valence-corrected chi connectivity index (χ1v) is 6.43. The van der Waals surface area contributed by atoms with Gasteiger partial charge < -0.3 is 5.32 Å². The summed E-state index contributed by atoms with van der Waals surface area (Å²) in [6.07, 6.45) is 8.81. The van der Waals surface area contributed by atoms with Gasteiger partial charge in [0.2, 0.25) is 0 Å². The van der Waals surface area contributed by atoms with E-state index in [-0.39, 0.29) is 0 Å². The summed E-state index contributed by atoms with van der Waals surface area (Å²) >= 11 is 0. The standard InChI is InChI=1S/C13H25N/c1-11(2)12-5-7-13(9-12)6-3-4-8-14-10-13/h11-12,14H,3-10H2,1-2H3/t12-,13-/m1/s1. The van der Waals surface area contributed by atoms with E-state index >= 15 is 0 Å². The van der Waals surface area contributed by atoms with Gasteiger partial charge in [0, 0.05) is 6.54 Å². The molecule has 0 aromatic rings. The molecule has 0 aromatic heterocycles. The highest BCUT2D eigenvalue weighted by Crippen LogP contribution is 2.47. The molecule has 0 aromatic carbocycles. The Balaban J connectivity index is 1.96. The lowest BCUT2D eigenvalue weighted by molar-refractivity contribution is 0.247. The molecular formula is C13H25N. The molecule has 1 heterocycles. The third-order valence-electron chi connectivity index (χ3n) is 4.49. The van der Waals surface area contributed by atoms with Crippen molar-refractivity contribution in [3.05, 3.63) is 0 Å². The summed E-state index contributed by atoms with van der Waals surface area (Å²) < 4.78 is 0. The Morgan fingerprint density at radius 1 is 1.21 bits per heavy atom. The van der Waals surface area contributed by atoms with Gasteiger partial charge in [-0.25, -0.2) is 0 Å². The molecule has 1 aliphatic heterocycles. The molecule has 1 saturated heterocycles. The molecule has 2 rings (SSSR count). The van der Waals surface area contributed by atoms with Gasteiger partial charge in [0.1, 0.15) is 0 Å². The van der Waals surface area contributed by atoms with Crippen LogP contribution in [-0.4, -0.2) is 13.1 Å². The molecule has 2 atom stereocenters. The minimum atomic E-state index is 0.700. The van der Waals surface area contributed by atoms with Gasteiger partial charge in [-0.1, -0.05) is 20.3 Å². The monoisotopic (exact) mass is 195 g/mol. The zero-order chi connectivity index (χ0) is 10.0. The second-order valence-corrected chi connectivity index (χ2v) is 5.88. The molecule has 1 nitrogen and oxygen atoms in total. The highest BCUT2D eigenvalue weighted by molar-refractivity contribution is 4.92. The Morgan fingerprint density at radius 2 is 2.07 bits per heavy atom. The summed E-state index contributed by atoms with van der Waals surface area (Å²) in [6.45, 7) is 7.35. The Kier molecular flexibility index (Phi) is 3.16. The van der Waals surface area contributed by atoms with Gasteiger partial charge in [-0.15, -0.1) is 0 Å². The Hall–Kier alpha value is -0.0400. The van der Waals surface area contributed by atoms with E-state index in [1.165, 1.54) is 51.6 Å². The van der Waals surface area contributed by atoms with E-state index in [0.29, 0.717) is 5.41 Å². The van der Waals surface area contributed by atoms with Crippen molar-refractivity contribution in [3.63, 3.8) is 0 Å². The van der Waals surface area contributed by atoms with Gasteiger partial charge >= 0.3 is 0 Å². The summed E-state index contributed by atoms with van der Waals surface area (Å²) in [6, 6.07) is 0. The van der Waals surface area contributed by atoms with Crippen LogP contribution in [0, 0.1) is 17.3 Å². The smallest absolute Gasteiger partial charge is 0.000791 e. The summed E-state index contributed by atoms with van der Waals surface area (Å²) in [4.78, 5) is 0. The van der Waals surface area contributed by atoms with Crippen LogP contribution in [-0.2, 0) is 0 Å². The Labute approximate surface area is 88.7 Å². The summed E-state index contributed by atoms with van der Waals surface area (Å²) in [5.41, 5.74) is 0.700. The summed E-state index contributed by atoms with van der Waals surface area (Å²) in [7, 11) is 0. The summed E-state index contributed by atoms with van der Waals surface area (Å²) in [5, 5.41) is 3.64. The molecule has 1 spiro atoms. The molecule has 0 radical (unpaired) electrons. The van der Waals surface area contributed by atoms with Crippen molar-refractivity contribution in [1.29, 1.82) is 0 Å². The zero-order valence-electron chi connectivity index (χ0n) is 9.81. The van der Waals surface area contributed by atoms with Crippen LogP contribution < -0.4 is 5.32 Å². The molecule has 14 heavy (non-hydrogen) atoms. The first-order chi connectivity index (χ1) is 6.72. The van der Waals surface area contributed by atoms with Crippen LogP contribution in [0.1, 0.15) is 52.4 Å². The van der Waals surface area contributed by atoms with Crippen molar-refractivity contribution in [2.75, 3.05) is 13.1 Å². The van der Waals surface area contributed by atoms with E-state index in [4.69, 9.17) is 0 Å². The highest BCUT2D eigenvalue weighted by atomic mass is 14.9. The molecule has 0 amide bonds. The van der Waals surface area contributed by atoms with Crippen LogP contribution in [0.15, 0.2) is 0 Å². The van der Waals surface area contributed by atoms with E-state index in [1.807, 2.05) is 0 Å². The van der Waals surface area contributed by atoms with Gasteiger partial charge in [-0.05, 0) is 55.9 Å². The van der Waals surface area contributed by atoms with Crippen LogP contribution >= 0.6 is 0 Å². The van der Waals surface area contributed by atoms with Crippen LogP contribution in [0.2, 0.25) is 0 Å². The fourth-order valence-electron chi connectivity index (χ4n) is 3.40. The fraction of sp³-hybridized carbons (Fsp3) is 1.00. The molecular weight excluding hydrogens is 170 g/mol. The lowest BCUT2D eigenvalue weighted by Crippen LogP contribution is -2.30. The van der Waals surface area contributed by atoms with Crippen LogP contribution in [0.3, 0.4) is 0 Å². The average molecular weight is 195 g/mol. The van der Waals surface area contributed by atoms with E-state index in [0.717, 1.165) is 11.8 Å². The van der Waals surface area contributed by atoms with Crippen LogP contribution in [0.4, 0.5) is 0 Å². The third kappa shape index (κ3) is 2.13. The highest BCUT2D eigenvalue weighted by Gasteiger charge is 2.39. The van der Waals surface area contributed by atoms with E-state index < -0.39 is 0 Å². The summed E-state index contributed by atoms with van der Waals surface area (Å²) in [5.74, 6) is 1.91. The molecule has 2 fully saturated rings. The molecule has 0 bridgehead atoms. The maximum absolute atomic E-state index is 3.64. The predicted octanol–water partition coefficient (Wildman–Crippen LogP) is 3.20. The second kappa shape index (κ2) is 4.22. The Morgan fingerprint density at radius 3 is 2.79 bits per heavy atom. The number of hydrogen-bond donors (Lipinski definition) is 1. The lowest BCUT2D eigenvalue weighted by Gasteiger charge is -2.28. The first-order valence-electron chi connectivity index (χ1n) is 6.43. The number of nitrogens with one attached hydrogen (secondary N) is 1.